The van der Waals surface area contributed by atoms with Crippen LogP contribution in [0.3, 0.4) is 0 Å². The van der Waals surface area contributed by atoms with Crippen LogP contribution in [0.15, 0.2) is 0 Å². The van der Waals surface area contributed by atoms with Gasteiger partial charge in [0.15, 0.2) is 6.29 Å². The van der Waals surface area contributed by atoms with Crippen LogP contribution in [0.2, 0.25) is 0 Å². The molecule has 13 heavy (non-hydrogen) atoms. The number of hydrogen-bond donors (Lipinski definition) is 5. The number of hydrogen-bond acceptors (Lipinski definition) is 6. The van der Waals surface area contributed by atoms with Crippen LogP contribution >= 0.6 is 0 Å². The van der Waals surface area contributed by atoms with Crippen molar-refractivity contribution in [1.82, 2.24) is 0 Å². The Morgan fingerprint density at radius 2 is 1.54 bits per heavy atom. The molecule has 0 aromatic heterocycles. The van der Waals surface area contributed by atoms with Gasteiger partial charge in [0.2, 0.25) is 0 Å². The van der Waals surface area contributed by atoms with E-state index in [2.05, 4.69) is 0 Å². The van der Waals surface area contributed by atoms with Gasteiger partial charge in [0, 0.05) is 0 Å². The molecule has 0 bridgehead atoms. The molecule has 0 spiro atoms. The van der Waals surface area contributed by atoms with Gasteiger partial charge in [-0.1, -0.05) is 0 Å². The van der Waals surface area contributed by atoms with Crippen LogP contribution in [0.25, 0.3) is 0 Å². The highest BCUT2D eigenvalue weighted by Gasteiger charge is 2.29. The highest BCUT2D eigenvalue weighted by molar-refractivity contribution is 5.56. The molecule has 7 N–H and O–H groups in total. The molecule has 7 nitrogen and oxygen atoms in total. The summed E-state index contributed by atoms with van der Waals surface area (Å²) in [6, 6.07) is 0. The third kappa shape index (κ3) is 4.27. The summed E-state index contributed by atoms with van der Waals surface area (Å²) in [5, 5.41) is 43.5. The molecule has 0 aliphatic heterocycles. The predicted octanol–water partition coefficient (Wildman–Crippen LogP) is -4.20. The summed E-state index contributed by atoms with van der Waals surface area (Å²) in [5.41, 5.74) is 0. The Balaban J connectivity index is 0. The molecule has 0 amide bonds. The van der Waals surface area contributed by atoms with Crippen LogP contribution < -0.4 is 0 Å². The molecule has 7 heteroatoms. The molecule has 0 fully saturated rings. The maximum absolute atomic E-state index is 9.90. The monoisotopic (exact) mass is 198 g/mol. The standard InChI is InChI=1S/C6H12O6.H2O/c7-1-3(9)5(11)6(12)4(10)2-8;/h1,3-6,8-12H,2H2;1H2/t3-,4-,5-,6-;/m1./s1. The van der Waals surface area contributed by atoms with E-state index in [1.54, 1.807) is 0 Å². The molecule has 0 heterocycles. The van der Waals surface area contributed by atoms with Gasteiger partial charge >= 0.3 is 0 Å². The van der Waals surface area contributed by atoms with Gasteiger partial charge in [0.25, 0.3) is 0 Å². The third-order valence-corrected chi connectivity index (χ3v) is 1.42. The summed E-state index contributed by atoms with van der Waals surface area (Å²) in [6.45, 7) is -0.760. The van der Waals surface area contributed by atoms with Gasteiger partial charge in [-0.05, 0) is 0 Å². The fourth-order valence-corrected chi connectivity index (χ4v) is 0.618. The van der Waals surface area contributed by atoms with Crippen molar-refractivity contribution in [2.75, 3.05) is 6.61 Å². The van der Waals surface area contributed by atoms with E-state index in [1.807, 2.05) is 0 Å². The molecule has 0 aliphatic rings. The Hall–Kier alpha value is -0.570. The Bertz CT molecular complexity index is 139. The van der Waals surface area contributed by atoms with Gasteiger partial charge in [-0.3, -0.25) is 0 Å². The van der Waals surface area contributed by atoms with Crippen molar-refractivity contribution in [1.29, 1.82) is 0 Å². The number of aliphatic hydroxyl groups is 5. The maximum atomic E-state index is 9.90. The average Bonchev–Trinajstić information content (AvgIpc) is 2.12. The van der Waals surface area contributed by atoms with E-state index in [0.717, 1.165) is 0 Å². The lowest BCUT2D eigenvalue weighted by atomic mass is 10.0. The molecule has 0 radical (unpaired) electrons. The predicted molar refractivity (Wildman–Crippen MR) is 40.8 cm³/mol. The van der Waals surface area contributed by atoms with Crippen molar-refractivity contribution >= 4 is 6.29 Å². The molecule has 0 unspecified atom stereocenters. The van der Waals surface area contributed by atoms with Crippen molar-refractivity contribution in [2.24, 2.45) is 0 Å². The summed E-state index contributed by atoms with van der Waals surface area (Å²) in [7, 11) is 0. The van der Waals surface area contributed by atoms with Crippen LogP contribution in [0, 0.1) is 0 Å². The first-order valence-corrected chi connectivity index (χ1v) is 3.33. The minimum Gasteiger partial charge on any atom is -0.412 e. The van der Waals surface area contributed by atoms with Crippen LogP contribution in [-0.2, 0) is 4.79 Å². The summed E-state index contributed by atoms with van der Waals surface area (Å²) in [5.74, 6) is 0. The van der Waals surface area contributed by atoms with Gasteiger partial charge in [0.1, 0.15) is 24.4 Å². The zero-order valence-corrected chi connectivity index (χ0v) is 6.74. The first-order valence-electron chi connectivity index (χ1n) is 3.33. The summed E-state index contributed by atoms with van der Waals surface area (Å²) < 4.78 is 0. The van der Waals surface area contributed by atoms with Gasteiger partial charge in [-0.25, -0.2) is 0 Å². The lowest BCUT2D eigenvalue weighted by Gasteiger charge is -2.22. The van der Waals surface area contributed by atoms with Crippen molar-refractivity contribution in [3.63, 3.8) is 0 Å². The Labute approximate surface area is 74.2 Å². The second-order valence-corrected chi connectivity index (χ2v) is 2.36. The minimum absolute atomic E-state index is 0. The van der Waals surface area contributed by atoms with Crippen LogP contribution in [0.4, 0.5) is 0 Å². The van der Waals surface area contributed by atoms with Crippen molar-refractivity contribution in [3.8, 4) is 0 Å². The van der Waals surface area contributed by atoms with Crippen LogP contribution in [0.5, 0.6) is 0 Å². The Kier molecular flexibility index (Phi) is 7.92. The van der Waals surface area contributed by atoms with Gasteiger partial charge < -0.3 is 35.8 Å². The highest BCUT2D eigenvalue weighted by atomic mass is 16.4. The summed E-state index contributed by atoms with van der Waals surface area (Å²) in [4.78, 5) is 9.90. The third-order valence-electron chi connectivity index (χ3n) is 1.42. The molecule has 80 valence electrons. The van der Waals surface area contributed by atoms with E-state index in [0.29, 0.717) is 0 Å². The zero-order valence-electron chi connectivity index (χ0n) is 6.74. The van der Waals surface area contributed by atoms with Gasteiger partial charge in [0.05, 0.1) is 6.61 Å². The van der Waals surface area contributed by atoms with Crippen LogP contribution in [0.1, 0.15) is 0 Å². The number of aldehydes is 1. The first kappa shape index (κ1) is 14.9. The molecule has 0 rings (SSSR count). The smallest absolute Gasteiger partial charge is 0.151 e. The Morgan fingerprint density at radius 1 is 1.08 bits per heavy atom. The zero-order chi connectivity index (χ0) is 9.72. The SMILES string of the molecule is O.O=C[C@@H](O)[C@@H](O)[C@H](O)[C@H](O)CO. The van der Waals surface area contributed by atoms with Gasteiger partial charge in [-0.2, -0.15) is 0 Å². The average molecular weight is 198 g/mol. The molecule has 0 aromatic rings. The largest absolute Gasteiger partial charge is 0.412 e. The summed E-state index contributed by atoms with van der Waals surface area (Å²) >= 11 is 0. The fourth-order valence-electron chi connectivity index (χ4n) is 0.618. The summed E-state index contributed by atoms with van der Waals surface area (Å²) in [6.07, 6.45) is -6.84. The number of aliphatic hydroxyl groups excluding tert-OH is 5. The fraction of sp³-hybridized carbons (Fsp3) is 0.833. The number of rotatable bonds is 5. The van der Waals surface area contributed by atoms with Crippen molar-refractivity contribution in [3.05, 3.63) is 0 Å². The van der Waals surface area contributed by atoms with E-state index >= 15 is 0 Å². The van der Waals surface area contributed by atoms with Crippen LogP contribution in [-0.4, -0.2) is 68.3 Å². The molecule has 4 atom stereocenters. The molecular weight excluding hydrogens is 184 g/mol. The molecular formula is C6H14O7. The van der Waals surface area contributed by atoms with E-state index in [-0.39, 0.29) is 11.8 Å². The normalized spacial score (nSPS) is 19.5. The van der Waals surface area contributed by atoms with Gasteiger partial charge in [-0.15, -0.1) is 0 Å². The second kappa shape index (κ2) is 6.89. The molecule has 0 aliphatic carbocycles. The van der Waals surface area contributed by atoms with E-state index in [1.165, 1.54) is 0 Å². The first-order chi connectivity index (χ1) is 5.54. The topological polar surface area (TPSA) is 150 Å². The van der Waals surface area contributed by atoms with E-state index < -0.39 is 31.0 Å². The number of carbonyl (C=O) groups excluding carboxylic acids is 1. The van der Waals surface area contributed by atoms with Crippen molar-refractivity contribution in [2.45, 2.75) is 24.4 Å². The lowest BCUT2D eigenvalue weighted by Crippen LogP contribution is -2.46. The van der Waals surface area contributed by atoms with E-state index in [9.17, 15) is 4.79 Å². The molecule has 0 aromatic carbocycles. The second-order valence-electron chi connectivity index (χ2n) is 2.36. The number of carbonyl (C=O) groups is 1. The van der Waals surface area contributed by atoms with Crippen molar-refractivity contribution < 1.29 is 35.8 Å². The van der Waals surface area contributed by atoms with E-state index in [4.69, 9.17) is 25.5 Å². The molecule has 0 saturated heterocycles. The quantitative estimate of drug-likeness (QED) is 0.283. The molecule has 0 saturated carbocycles. The minimum atomic E-state index is -1.79. The Morgan fingerprint density at radius 3 is 1.85 bits per heavy atom. The lowest BCUT2D eigenvalue weighted by molar-refractivity contribution is -0.136. The maximum Gasteiger partial charge on any atom is 0.151 e. The highest BCUT2D eigenvalue weighted by Crippen LogP contribution is 2.02.